The van der Waals surface area contributed by atoms with Crippen molar-refractivity contribution in [2.45, 2.75) is 32.1 Å². The highest BCUT2D eigenvalue weighted by Crippen LogP contribution is 2.35. The molecule has 1 aliphatic carbocycles. The minimum Gasteiger partial charge on any atom is -0.306 e. The van der Waals surface area contributed by atoms with Gasteiger partial charge in [0.1, 0.15) is 0 Å². The summed E-state index contributed by atoms with van der Waals surface area (Å²) in [6.45, 7) is 0. The average molecular weight is 187 g/mol. The van der Waals surface area contributed by atoms with Crippen molar-refractivity contribution in [1.82, 2.24) is 0 Å². The van der Waals surface area contributed by atoms with E-state index in [9.17, 15) is 4.21 Å². The van der Waals surface area contributed by atoms with Crippen LogP contribution in [0.2, 0.25) is 0 Å². The molecular weight excluding hydrogens is 174 g/mol. The zero-order chi connectivity index (χ0) is 9.03. The Bertz CT molecular complexity index is 216. The molecule has 0 saturated heterocycles. The monoisotopic (exact) mass is 187 g/mol. The van der Waals surface area contributed by atoms with E-state index >= 15 is 0 Å². The van der Waals surface area contributed by atoms with Crippen molar-refractivity contribution in [3.8, 4) is 6.07 Å². The van der Waals surface area contributed by atoms with E-state index in [0.29, 0.717) is 0 Å². The molecule has 1 rings (SSSR count). The third kappa shape index (κ3) is 2.29. The first-order valence-corrected chi connectivity index (χ1v) is 5.45. The molecule has 1 saturated carbocycles. The van der Waals surface area contributed by atoms with Crippen LogP contribution in [0.15, 0.2) is 0 Å². The van der Waals surface area contributed by atoms with Crippen molar-refractivity contribution in [2.24, 2.45) is 5.41 Å². The van der Waals surface area contributed by atoms with E-state index in [1.807, 2.05) is 0 Å². The van der Waals surface area contributed by atoms with Crippen molar-refractivity contribution < 1.29 is 8.76 Å². The van der Waals surface area contributed by atoms with E-state index < -0.39 is 16.5 Å². The van der Waals surface area contributed by atoms with Crippen LogP contribution in [0.1, 0.15) is 32.1 Å². The Morgan fingerprint density at radius 3 is 2.42 bits per heavy atom. The fraction of sp³-hybridized carbons (Fsp3) is 0.875. The number of hydrogen-bond acceptors (Lipinski definition) is 2. The van der Waals surface area contributed by atoms with Crippen LogP contribution in [0.25, 0.3) is 0 Å². The van der Waals surface area contributed by atoms with E-state index in [0.717, 1.165) is 32.1 Å². The van der Waals surface area contributed by atoms with Gasteiger partial charge in [-0.25, -0.2) is 4.21 Å². The molecule has 3 nitrogen and oxygen atoms in total. The van der Waals surface area contributed by atoms with Crippen molar-refractivity contribution in [2.75, 3.05) is 5.75 Å². The Morgan fingerprint density at radius 2 is 2.00 bits per heavy atom. The predicted octanol–water partition coefficient (Wildman–Crippen LogP) is 1.68. The fourth-order valence-corrected chi connectivity index (χ4v) is 2.58. The molecule has 0 amide bonds. The summed E-state index contributed by atoms with van der Waals surface area (Å²) in [6, 6.07) is 2.20. The fourth-order valence-electron chi connectivity index (χ4n) is 1.75. The molecule has 68 valence electrons. The van der Waals surface area contributed by atoms with Crippen LogP contribution < -0.4 is 0 Å². The lowest BCUT2D eigenvalue weighted by Gasteiger charge is -2.28. The summed E-state index contributed by atoms with van der Waals surface area (Å²) >= 11 is -1.82. The van der Waals surface area contributed by atoms with Gasteiger partial charge >= 0.3 is 0 Å². The van der Waals surface area contributed by atoms with Gasteiger partial charge in [0.2, 0.25) is 0 Å². The summed E-state index contributed by atoms with van der Waals surface area (Å²) in [4.78, 5) is 0. The second kappa shape index (κ2) is 4.01. The molecule has 0 spiro atoms. The molecule has 0 aliphatic heterocycles. The Morgan fingerprint density at radius 1 is 1.42 bits per heavy atom. The van der Waals surface area contributed by atoms with E-state index in [1.54, 1.807) is 0 Å². The van der Waals surface area contributed by atoms with Crippen molar-refractivity contribution in [1.29, 1.82) is 5.26 Å². The third-order valence-electron chi connectivity index (χ3n) is 2.45. The largest absolute Gasteiger partial charge is 0.306 e. The second-order valence-electron chi connectivity index (χ2n) is 3.42. The van der Waals surface area contributed by atoms with Crippen LogP contribution >= 0.6 is 0 Å². The lowest BCUT2D eigenvalue weighted by Crippen LogP contribution is -2.28. The van der Waals surface area contributed by atoms with E-state index in [1.165, 1.54) is 0 Å². The normalized spacial score (nSPS) is 24.3. The van der Waals surface area contributed by atoms with Gasteiger partial charge in [-0.15, -0.1) is 0 Å². The summed E-state index contributed by atoms with van der Waals surface area (Å²) in [7, 11) is 0. The first kappa shape index (κ1) is 9.69. The number of nitrogens with zero attached hydrogens (tertiary/aromatic N) is 1. The zero-order valence-corrected chi connectivity index (χ0v) is 7.77. The Kier molecular flexibility index (Phi) is 3.24. The molecule has 1 fully saturated rings. The molecule has 0 radical (unpaired) electrons. The lowest BCUT2D eigenvalue weighted by molar-refractivity contribution is 0.297. The van der Waals surface area contributed by atoms with Gasteiger partial charge < -0.3 is 4.55 Å². The molecule has 0 aromatic rings. The van der Waals surface area contributed by atoms with Gasteiger partial charge in [0.25, 0.3) is 0 Å². The van der Waals surface area contributed by atoms with Crippen LogP contribution in [-0.4, -0.2) is 14.5 Å². The number of nitriles is 1. The van der Waals surface area contributed by atoms with Crippen LogP contribution in [0.4, 0.5) is 0 Å². The molecule has 1 unspecified atom stereocenters. The maximum atomic E-state index is 10.6. The first-order valence-electron chi connectivity index (χ1n) is 4.17. The van der Waals surface area contributed by atoms with Gasteiger partial charge in [-0.05, 0) is 12.8 Å². The average Bonchev–Trinajstić information content (AvgIpc) is 2.05. The minimum atomic E-state index is -1.82. The van der Waals surface area contributed by atoms with E-state index in [4.69, 9.17) is 9.81 Å². The summed E-state index contributed by atoms with van der Waals surface area (Å²) in [5, 5.41) is 8.89. The van der Waals surface area contributed by atoms with Gasteiger partial charge in [-0.1, -0.05) is 19.3 Å². The van der Waals surface area contributed by atoms with Crippen molar-refractivity contribution in [3.63, 3.8) is 0 Å². The standard InChI is InChI=1S/C8H13NO2S/c9-6-8(7-12(10)11)4-2-1-3-5-8/h1-5,7H2,(H,10,11). The molecule has 0 bridgehead atoms. The van der Waals surface area contributed by atoms with Crippen LogP contribution in [-0.2, 0) is 11.1 Å². The molecule has 4 heteroatoms. The molecule has 1 atom stereocenters. The van der Waals surface area contributed by atoms with Crippen molar-refractivity contribution >= 4 is 11.1 Å². The minimum absolute atomic E-state index is 0.128. The lowest BCUT2D eigenvalue weighted by atomic mass is 9.77. The molecule has 0 heterocycles. The molecule has 1 aliphatic rings. The van der Waals surface area contributed by atoms with Gasteiger partial charge in [0.05, 0.1) is 17.2 Å². The second-order valence-corrected chi connectivity index (χ2v) is 4.35. The van der Waals surface area contributed by atoms with E-state index in [-0.39, 0.29) is 5.75 Å². The maximum absolute atomic E-state index is 10.6. The molecular formula is C8H13NO2S. The summed E-state index contributed by atoms with van der Waals surface area (Å²) in [5.74, 6) is 0.128. The zero-order valence-electron chi connectivity index (χ0n) is 6.95. The molecule has 0 aromatic carbocycles. The highest BCUT2D eigenvalue weighted by Gasteiger charge is 2.33. The van der Waals surface area contributed by atoms with Crippen molar-refractivity contribution in [3.05, 3.63) is 0 Å². The highest BCUT2D eigenvalue weighted by molar-refractivity contribution is 7.79. The van der Waals surface area contributed by atoms with Gasteiger partial charge in [0, 0.05) is 0 Å². The third-order valence-corrected chi connectivity index (χ3v) is 3.25. The SMILES string of the molecule is N#CC1(CS(=O)O)CCCCC1. The summed E-state index contributed by atoms with van der Waals surface area (Å²) in [5.41, 5.74) is -0.502. The quantitative estimate of drug-likeness (QED) is 0.669. The Labute approximate surface area is 75.1 Å². The predicted molar refractivity (Wildman–Crippen MR) is 46.8 cm³/mol. The van der Waals surface area contributed by atoms with Gasteiger partial charge in [0.15, 0.2) is 11.1 Å². The van der Waals surface area contributed by atoms with Crippen LogP contribution in [0.5, 0.6) is 0 Å². The van der Waals surface area contributed by atoms with Crippen LogP contribution in [0.3, 0.4) is 0 Å². The van der Waals surface area contributed by atoms with E-state index in [2.05, 4.69) is 6.07 Å². The summed E-state index contributed by atoms with van der Waals surface area (Å²) in [6.07, 6.45) is 4.77. The van der Waals surface area contributed by atoms with Gasteiger partial charge in [-0.2, -0.15) is 5.26 Å². The smallest absolute Gasteiger partial charge is 0.154 e. The summed E-state index contributed by atoms with van der Waals surface area (Å²) < 4.78 is 19.3. The highest BCUT2D eigenvalue weighted by atomic mass is 32.2. The molecule has 0 aromatic heterocycles. The Hall–Kier alpha value is -0.400. The number of hydrogen-bond donors (Lipinski definition) is 1. The maximum Gasteiger partial charge on any atom is 0.154 e. The Balaban J connectivity index is 2.61. The topological polar surface area (TPSA) is 61.1 Å². The molecule has 12 heavy (non-hydrogen) atoms. The molecule has 1 N–H and O–H groups in total. The first-order chi connectivity index (χ1) is 5.68. The van der Waals surface area contributed by atoms with Crippen LogP contribution in [0, 0.1) is 16.7 Å². The number of rotatable bonds is 2. The van der Waals surface area contributed by atoms with Gasteiger partial charge in [-0.3, -0.25) is 0 Å².